The molecule has 0 amide bonds. The quantitative estimate of drug-likeness (QED) is 0.757. The van der Waals surface area contributed by atoms with Crippen LogP contribution in [0.3, 0.4) is 0 Å². The molecular weight excluding hydrogens is 193 g/mol. The highest BCUT2D eigenvalue weighted by Gasteiger charge is 2.06. The van der Waals surface area contributed by atoms with Crippen LogP contribution in [-0.4, -0.2) is 19.4 Å². The Morgan fingerprint density at radius 1 is 1.54 bits per heavy atom. The van der Waals surface area contributed by atoms with E-state index in [0.29, 0.717) is 5.56 Å². The van der Waals surface area contributed by atoms with Crippen molar-refractivity contribution >= 4 is 17.4 Å². The van der Waals surface area contributed by atoms with Gasteiger partial charge < -0.3 is 5.32 Å². The lowest BCUT2D eigenvalue weighted by atomic mass is 10.1. The summed E-state index contributed by atoms with van der Waals surface area (Å²) >= 11 is 5.58. The third kappa shape index (κ3) is 2.79. The van der Waals surface area contributed by atoms with Gasteiger partial charge in [0.25, 0.3) is 0 Å². The summed E-state index contributed by atoms with van der Waals surface area (Å²) in [5.41, 5.74) is 0.291. The van der Waals surface area contributed by atoms with Gasteiger partial charge in [-0.3, -0.25) is 4.79 Å². The Bertz CT molecular complexity index is 307. The summed E-state index contributed by atoms with van der Waals surface area (Å²) in [4.78, 5) is 11.3. The number of hydrogen-bond acceptors (Lipinski definition) is 2. The predicted octanol–water partition coefficient (Wildman–Crippen LogP) is 1.88. The number of Topliss-reactive ketones (excluding diaryl/α,β-unsaturated/α-hetero) is 1. The number of rotatable bonds is 3. The molecule has 1 aromatic carbocycles. The first-order chi connectivity index (χ1) is 6.13. The molecule has 1 N–H and O–H groups in total. The van der Waals surface area contributed by atoms with Crippen molar-refractivity contribution < 1.29 is 9.18 Å². The second-order valence-corrected chi connectivity index (χ2v) is 3.05. The van der Waals surface area contributed by atoms with E-state index in [1.807, 2.05) is 0 Å². The van der Waals surface area contributed by atoms with E-state index in [1.54, 1.807) is 7.05 Å². The Kier molecular flexibility index (Phi) is 3.39. The highest BCUT2D eigenvalue weighted by atomic mass is 35.5. The maximum Gasteiger partial charge on any atom is 0.176 e. The van der Waals surface area contributed by atoms with Gasteiger partial charge in [-0.2, -0.15) is 0 Å². The van der Waals surface area contributed by atoms with Crippen LogP contribution >= 0.6 is 11.6 Å². The Hall–Kier alpha value is -0.930. The monoisotopic (exact) mass is 201 g/mol. The molecule has 0 aliphatic carbocycles. The van der Waals surface area contributed by atoms with E-state index >= 15 is 0 Å². The topological polar surface area (TPSA) is 29.1 Å². The van der Waals surface area contributed by atoms with Gasteiger partial charge in [0.2, 0.25) is 0 Å². The van der Waals surface area contributed by atoms with Gasteiger partial charge in [-0.05, 0) is 25.2 Å². The van der Waals surface area contributed by atoms with Gasteiger partial charge in [-0.25, -0.2) is 4.39 Å². The maximum atomic E-state index is 12.8. The lowest BCUT2D eigenvalue weighted by Crippen LogP contribution is -2.18. The van der Waals surface area contributed by atoms with Gasteiger partial charge in [-0.1, -0.05) is 11.6 Å². The molecule has 0 saturated heterocycles. The van der Waals surface area contributed by atoms with Gasteiger partial charge in [-0.15, -0.1) is 0 Å². The summed E-state index contributed by atoms with van der Waals surface area (Å²) in [6.45, 7) is 0.180. The van der Waals surface area contributed by atoms with E-state index in [9.17, 15) is 9.18 Å². The normalized spacial score (nSPS) is 10.1. The molecule has 1 rings (SSSR count). The van der Waals surface area contributed by atoms with Crippen molar-refractivity contribution in [3.8, 4) is 0 Å². The molecule has 4 heteroatoms. The van der Waals surface area contributed by atoms with Crippen molar-refractivity contribution in [3.05, 3.63) is 34.6 Å². The Morgan fingerprint density at radius 3 is 2.77 bits per heavy atom. The zero-order valence-corrected chi connectivity index (χ0v) is 7.86. The SMILES string of the molecule is CNCC(=O)c1cc(F)cc(Cl)c1. The second kappa shape index (κ2) is 4.35. The van der Waals surface area contributed by atoms with Crippen molar-refractivity contribution in [2.75, 3.05) is 13.6 Å². The van der Waals surface area contributed by atoms with E-state index in [4.69, 9.17) is 11.6 Å². The van der Waals surface area contributed by atoms with Crippen LogP contribution in [0.4, 0.5) is 4.39 Å². The number of likely N-dealkylation sites (N-methyl/N-ethyl adjacent to an activating group) is 1. The lowest BCUT2D eigenvalue weighted by molar-refractivity contribution is 0.0993. The number of carbonyl (C=O) groups is 1. The van der Waals surface area contributed by atoms with Crippen LogP contribution in [0.15, 0.2) is 18.2 Å². The fraction of sp³-hybridized carbons (Fsp3) is 0.222. The van der Waals surface area contributed by atoms with Crippen LogP contribution in [0.5, 0.6) is 0 Å². The van der Waals surface area contributed by atoms with E-state index in [-0.39, 0.29) is 17.4 Å². The lowest BCUT2D eigenvalue weighted by Gasteiger charge is -2.00. The minimum absolute atomic E-state index is 0.177. The average molecular weight is 202 g/mol. The summed E-state index contributed by atoms with van der Waals surface area (Å²) in [5, 5.41) is 2.93. The Labute approximate surface area is 80.7 Å². The maximum absolute atomic E-state index is 12.8. The molecule has 0 heterocycles. The van der Waals surface area contributed by atoms with Crippen LogP contribution in [0.2, 0.25) is 5.02 Å². The Balaban J connectivity index is 2.94. The molecule has 0 aliphatic heterocycles. The summed E-state index contributed by atoms with van der Waals surface area (Å²) in [6, 6.07) is 3.79. The third-order valence-corrected chi connectivity index (χ3v) is 1.74. The number of halogens is 2. The summed E-state index contributed by atoms with van der Waals surface area (Å²) < 4.78 is 12.8. The first kappa shape index (κ1) is 10.2. The zero-order chi connectivity index (χ0) is 9.84. The van der Waals surface area contributed by atoms with E-state index in [0.717, 1.165) is 6.07 Å². The number of benzene rings is 1. The molecule has 13 heavy (non-hydrogen) atoms. The van der Waals surface area contributed by atoms with Gasteiger partial charge >= 0.3 is 0 Å². The van der Waals surface area contributed by atoms with Crippen LogP contribution in [0.25, 0.3) is 0 Å². The van der Waals surface area contributed by atoms with Crippen LogP contribution < -0.4 is 5.32 Å². The molecule has 0 fully saturated rings. The first-order valence-corrected chi connectivity index (χ1v) is 4.15. The molecule has 0 atom stereocenters. The minimum atomic E-state index is -0.494. The highest BCUT2D eigenvalue weighted by Crippen LogP contribution is 2.14. The third-order valence-electron chi connectivity index (χ3n) is 1.52. The number of nitrogens with one attached hydrogen (secondary N) is 1. The van der Waals surface area contributed by atoms with Crippen LogP contribution in [0.1, 0.15) is 10.4 Å². The molecule has 0 unspecified atom stereocenters. The number of carbonyl (C=O) groups excluding carboxylic acids is 1. The molecule has 0 saturated carbocycles. The molecule has 2 nitrogen and oxygen atoms in total. The first-order valence-electron chi connectivity index (χ1n) is 3.77. The van der Waals surface area contributed by atoms with Crippen molar-refractivity contribution in [2.24, 2.45) is 0 Å². The van der Waals surface area contributed by atoms with E-state index in [2.05, 4.69) is 5.32 Å². The number of ketones is 1. The fourth-order valence-electron chi connectivity index (χ4n) is 0.977. The van der Waals surface area contributed by atoms with Gasteiger partial charge in [0, 0.05) is 10.6 Å². The second-order valence-electron chi connectivity index (χ2n) is 2.61. The Morgan fingerprint density at radius 2 is 2.23 bits per heavy atom. The molecule has 0 aromatic heterocycles. The summed E-state index contributed by atoms with van der Waals surface area (Å²) in [5.74, 6) is -0.671. The zero-order valence-electron chi connectivity index (χ0n) is 7.10. The number of hydrogen-bond donors (Lipinski definition) is 1. The molecule has 0 radical (unpaired) electrons. The van der Waals surface area contributed by atoms with Gasteiger partial charge in [0.05, 0.1) is 6.54 Å². The molecule has 0 bridgehead atoms. The van der Waals surface area contributed by atoms with Crippen molar-refractivity contribution in [2.45, 2.75) is 0 Å². The molecule has 0 aliphatic rings. The minimum Gasteiger partial charge on any atom is -0.313 e. The largest absolute Gasteiger partial charge is 0.313 e. The molecule has 70 valence electrons. The van der Waals surface area contributed by atoms with Gasteiger partial charge in [0.1, 0.15) is 5.82 Å². The van der Waals surface area contributed by atoms with Crippen molar-refractivity contribution in [1.29, 1.82) is 0 Å². The van der Waals surface area contributed by atoms with Gasteiger partial charge in [0.15, 0.2) is 5.78 Å². The standard InChI is InChI=1S/C9H9ClFNO/c1-12-5-9(13)6-2-7(10)4-8(11)3-6/h2-4,12H,5H2,1H3. The van der Waals surface area contributed by atoms with E-state index < -0.39 is 5.82 Å². The van der Waals surface area contributed by atoms with Crippen LogP contribution in [-0.2, 0) is 0 Å². The van der Waals surface area contributed by atoms with E-state index in [1.165, 1.54) is 12.1 Å². The molecular formula is C9H9ClFNO. The van der Waals surface area contributed by atoms with Crippen molar-refractivity contribution in [1.82, 2.24) is 5.32 Å². The molecule has 0 spiro atoms. The van der Waals surface area contributed by atoms with Crippen molar-refractivity contribution in [3.63, 3.8) is 0 Å². The summed E-state index contributed by atoms with van der Waals surface area (Å²) in [6.07, 6.45) is 0. The molecule has 1 aromatic rings. The average Bonchev–Trinajstić information content (AvgIpc) is 2.03. The fourth-order valence-corrected chi connectivity index (χ4v) is 1.20. The highest BCUT2D eigenvalue weighted by molar-refractivity contribution is 6.31. The summed E-state index contributed by atoms with van der Waals surface area (Å²) in [7, 11) is 1.65. The smallest absolute Gasteiger partial charge is 0.176 e. The van der Waals surface area contributed by atoms with Crippen LogP contribution in [0, 0.1) is 5.82 Å². The predicted molar refractivity (Wildman–Crippen MR) is 49.7 cm³/mol.